The van der Waals surface area contributed by atoms with Crippen molar-refractivity contribution >= 4 is 38.3 Å². The van der Waals surface area contributed by atoms with E-state index in [-0.39, 0.29) is 5.91 Å². The minimum Gasteiger partial charge on any atom is -0.302 e. The van der Waals surface area contributed by atoms with Crippen molar-refractivity contribution in [2.75, 3.05) is 10.6 Å². The van der Waals surface area contributed by atoms with Gasteiger partial charge in [0, 0.05) is 22.7 Å². The second kappa shape index (κ2) is 7.55. The van der Waals surface area contributed by atoms with Crippen molar-refractivity contribution in [1.82, 2.24) is 4.98 Å². The maximum atomic E-state index is 11.7. The third kappa shape index (κ3) is 4.42. The van der Waals surface area contributed by atoms with E-state index in [1.807, 2.05) is 17.5 Å². The molecule has 1 amide bonds. The molecule has 106 valence electrons. The molecule has 0 bridgehead atoms. The van der Waals surface area contributed by atoms with E-state index < -0.39 is 0 Å². The fourth-order valence-electron chi connectivity index (χ4n) is 1.75. The van der Waals surface area contributed by atoms with Gasteiger partial charge in [0.1, 0.15) is 0 Å². The first-order valence-electron chi connectivity index (χ1n) is 6.57. The minimum atomic E-state index is 0.0377. The van der Waals surface area contributed by atoms with Gasteiger partial charge in [-0.3, -0.25) is 4.79 Å². The summed E-state index contributed by atoms with van der Waals surface area (Å²) in [6.07, 6.45) is 2.46. The Morgan fingerprint density at radius 3 is 2.75 bits per heavy atom. The van der Waals surface area contributed by atoms with Gasteiger partial charge >= 0.3 is 0 Å². The Morgan fingerprint density at radius 2 is 2.05 bits per heavy atom. The second-order valence-electron chi connectivity index (χ2n) is 4.60. The third-order valence-corrected chi connectivity index (χ3v) is 4.20. The molecule has 0 saturated heterocycles. The first-order valence-corrected chi connectivity index (χ1v) is 8.57. The number of halogens is 1. The molecule has 0 aliphatic rings. The van der Waals surface area contributed by atoms with Crippen LogP contribution in [0.4, 0.5) is 5.13 Å². The van der Waals surface area contributed by atoms with Gasteiger partial charge < -0.3 is 5.32 Å². The number of thiazole rings is 1. The molecule has 1 aromatic carbocycles. The highest BCUT2D eigenvalue weighted by atomic mass is 79.9. The fourth-order valence-corrected chi connectivity index (χ4v) is 2.88. The van der Waals surface area contributed by atoms with E-state index in [2.05, 4.69) is 45.3 Å². The smallest absolute Gasteiger partial charge is 0.226 e. The van der Waals surface area contributed by atoms with Crippen LogP contribution in [0.5, 0.6) is 0 Å². The lowest BCUT2D eigenvalue weighted by atomic mass is 10.1. The number of aryl methyl sites for hydroxylation is 1. The third-order valence-electron chi connectivity index (χ3n) is 2.89. The molecule has 0 spiro atoms. The highest BCUT2D eigenvalue weighted by Crippen LogP contribution is 2.25. The van der Waals surface area contributed by atoms with Crippen molar-refractivity contribution in [3.05, 3.63) is 35.2 Å². The van der Waals surface area contributed by atoms with E-state index in [4.69, 9.17) is 0 Å². The number of hydrogen-bond acceptors (Lipinski definition) is 3. The number of unbranched alkanes of at least 4 members (excludes halogenated alkanes) is 1. The van der Waals surface area contributed by atoms with E-state index in [0.717, 1.165) is 29.4 Å². The summed E-state index contributed by atoms with van der Waals surface area (Å²) in [6.45, 7) is 2.06. The monoisotopic (exact) mass is 352 g/mol. The molecule has 1 N–H and O–H groups in total. The first-order chi connectivity index (χ1) is 9.69. The zero-order valence-electron chi connectivity index (χ0n) is 11.4. The van der Waals surface area contributed by atoms with Crippen LogP contribution in [0.25, 0.3) is 11.3 Å². The molecule has 1 aromatic heterocycles. The topological polar surface area (TPSA) is 42.0 Å². The number of anilines is 1. The molecular weight excluding hydrogens is 336 g/mol. The summed E-state index contributed by atoms with van der Waals surface area (Å²) in [5, 5.41) is 6.44. The maximum Gasteiger partial charge on any atom is 0.226 e. The predicted octanol–water partition coefficient (Wildman–Crippen LogP) is 4.62. The van der Waals surface area contributed by atoms with Gasteiger partial charge in [-0.1, -0.05) is 45.8 Å². The van der Waals surface area contributed by atoms with Crippen LogP contribution < -0.4 is 5.32 Å². The normalized spacial score (nSPS) is 10.5. The Balaban J connectivity index is 1.95. The molecule has 0 radical (unpaired) electrons. The van der Waals surface area contributed by atoms with Crippen LogP contribution in [0.2, 0.25) is 0 Å². The van der Waals surface area contributed by atoms with Gasteiger partial charge in [-0.05, 0) is 19.8 Å². The lowest BCUT2D eigenvalue weighted by Gasteiger charge is -2.00. The quantitative estimate of drug-likeness (QED) is 0.608. The van der Waals surface area contributed by atoms with E-state index >= 15 is 0 Å². The SMILES string of the molecule is Cc1ccc(-c2csc(NC(=O)CCCCBr)n2)cc1. The van der Waals surface area contributed by atoms with Crippen molar-refractivity contribution in [2.45, 2.75) is 26.2 Å². The Hall–Kier alpha value is -1.20. The largest absolute Gasteiger partial charge is 0.302 e. The molecular formula is C15H17BrN2OS. The average Bonchev–Trinajstić information content (AvgIpc) is 2.88. The number of hydrogen-bond donors (Lipinski definition) is 1. The summed E-state index contributed by atoms with van der Waals surface area (Å²) in [4.78, 5) is 16.2. The first kappa shape index (κ1) is 15.2. The highest BCUT2D eigenvalue weighted by molar-refractivity contribution is 9.09. The predicted molar refractivity (Wildman–Crippen MR) is 88.6 cm³/mol. The number of rotatable bonds is 6. The van der Waals surface area contributed by atoms with Crippen LogP contribution in [0, 0.1) is 6.92 Å². The van der Waals surface area contributed by atoms with E-state index in [0.29, 0.717) is 11.6 Å². The number of alkyl halides is 1. The number of nitrogens with zero attached hydrogens (tertiary/aromatic N) is 1. The number of benzene rings is 1. The Bertz CT molecular complexity index is 566. The van der Waals surface area contributed by atoms with Crippen molar-refractivity contribution in [2.24, 2.45) is 0 Å². The van der Waals surface area contributed by atoms with Gasteiger partial charge in [0.2, 0.25) is 5.91 Å². The lowest BCUT2D eigenvalue weighted by molar-refractivity contribution is -0.116. The van der Waals surface area contributed by atoms with Crippen molar-refractivity contribution in [3.63, 3.8) is 0 Å². The van der Waals surface area contributed by atoms with E-state index in [9.17, 15) is 4.79 Å². The van der Waals surface area contributed by atoms with Crippen LogP contribution >= 0.6 is 27.3 Å². The molecule has 2 rings (SSSR count). The van der Waals surface area contributed by atoms with Crippen LogP contribution in [0.1, 0.15) is 24.8 Å². The zero-order valence-corrected chi connectivity index (χ0v) is 13.8. The molecule has 0 fully saturated rings. The number of carbonyl (C=O) groups excluding carboxylic acids is 1. The molecule has 0 saturated carbocycles. The average molecular weight is 353 g/mol. The van der Waals surface area contributed by atoms with Gasteiger partial charge in [-0.25, -0.2) is 4.98 Å². The minimum absolute atomic E-state index is 0.0377. The molecule has 3 nitrogen and oxygen atoms in total. The highest BCUT2D eigenvalue weighted by Gasteiger charge is 2.07. The molecule has 0 atom stereocenters. The summed E-state index contributed by atoms with van der Waals surface area (Å²) in [7, 11) is 0. The van der Waals surface area contributed by atoms with Crippen LogP contribution in [-0.4, -0.2) is 16.2 Å². The zero-order chi connectivity index (χ0) is 14.4. The number of amides is 1. The summed E-state index contributed by atoms with van der Waals surface area (Å²) in [6, 6.07) is 8.22. The summed E-state index contributed by atoms with van der Waals surface area (Å²) in [5.41, 5.74) is 3.21. The molecule has 0 unspecified atom stereocenters. The molecule has 1 heterocycles. The summed E-state index contributed by atoms with van der Waals surface area (Å²) in [5.74, 6) is 0.0377. The van der Waals surface area contributed by atoms with Gasteiger partial charge in [0.05, 0.1) is 5.69 Å². The van der Waals surface area contributed by atoms with Gasteiger partial charge in [-0.2, -0.15) is 0 Å². The summed E-state index contributed by atoms with van der Waals surface area (Å²) >= 11 is 4.82. The van der Waals surface area contributed by atoms with Crippen molar-refractivity contribution in [3.8, 4) is 11.3 Å². The van der Waals surface area contributed by atoms with Crippen LogP contribution in [0.3, 0.4) is 0 Å². The van der Waals surface area contributed by atoms with Crippen molar-refractivity contribution in [1.29, 1.82) is 0 Å². The number of nitrogens with one attached hydrogen (secondary N) is 1. The van der Waals surface area contributed by atoms with Gasteiger partial charge in [0.15, 0.2) is 5.13 Å². The van der Waals surface area contributed by atoms with Crippen LogP contribution in [-0.2, 0) is 4.79 Å². The van der Waals surface area contributed by atoms with E-state index in [1.54, 1.807) is 0 Å². The molecule has 0 aliphatic heterocycles. The maximum absolute atomic E-state index is 11.7. The number of carbonyl (C=O) groups is 1. The second-order valence-corrected chi connectivity index (χ2v) is 6.25. The van der Waals surface area contributed by atoms with Gasteiger partial charge in [-0.15, -0.1) is 11.3 Å². The lowest BCUT2D eigenvalue weighted by Crippen LogP contribution is -2.10. The Morgan fingerprint density at radius 1 is 1.30 bits per heavy atom. The fraction of sp³-hybridized carbons (Fsp3) is 0.333. The Kier molecular flexibility index (Phi) is 5.73. The number of aromatic nitrogens is 1. The molecule has 5 heteroatoms. The van der Waals surface area contributed by atoms with Gasteiger partial charge in [0.25, 0.3) is 0 Å². The standard InChI is InChI=1S/C15H17BrN2OS/c1-11-5-7-12(8-6-11)13-10-20-15(17-13)18-14(19)4-2-3-9-16/h5-8,10H,2-4,9H2,1H3,(H,17,18,19). The molecule has 20 heavy (non-hydrogen) atoms. The van der Waals surface area contributed by atoms with E-state index in [1.165, 1.54) is 16.9 Å². The molecule has 0 aliphatic carbocycles. The summed E-state index contributed by atoms with van der Waals surface area (Å²) < 4.78 is 0. The van der Waals surface area contributed by atoms with Crippen molar-refractivity contribution < 1.29 is 4.79 Å². The molecule has 2 aromatic rings. The Labute approximate surface area is 131 Å². The van der Waals surface area contributed by atoms with Crippen LogP contribution in [0.15, 0.2) is 29.6 Å².